The predicted octanol–water partition coefficient (Wildman–Crippen LogP) is 0.923. The maximum absolute atomic E-state index is 11.6. The molecule has 3 N–H and O–H groups in total. The molecule has 0 radical (unpaired) electrons. The smallest absolute Gasteiger partial charge is 0.263 e. The number of aromatic nitrogens is 1. The van der Waals surface area contributed by atoms with Gasteiger partial charge in [-0.2, -0.15) is 5.26 Å². The normalized spacial score (nSPS) is 11.8. The van der Waals surface area contributed by atoms with Crippen molar-refractivity contribution < 1.29 is 4.79 Å². The van der Waals surface area contributed by atoms with Gasteiger partial charge in [0.2, 0.25) is 0 Å². The van der Waals surface area contributed by atoms with E-state index in [0.29, 0.717) is 22.2 Å². The SMILES string of the molecule is Cc1nc(N)sc1C(=O)NCC(C)C#N. The molecule has 1 aromatic rings. The highest BCUT2D eigenvalue weighted by atomic mass is 32.1. The fourth-order valence-corrected chi connectivity index (χ4v) is 1.75. The van der Waals surface area contributed by atoms with Crippen molar-refractivity contribution in [1.82, 2.24) is 10.3 Å². The highest BCUT2D eigenvalue weighted by Crippen LogP contribution is 2.19. The number of carbonyl (C=O) groups excluding carboxylic acids is 1. The number of carbonyl (C=O) groups is 1. The molecule has 1 amide bonds. The van der Waals surface area contributed by atoms with Crippen LogP contribution >= 0.6 is 11.3 Å². The van der Waals surface area contributed by atoms with Crippen molar-refractivity contribution in [3.63, 3.8) is 0 Å². The zero-order valence-corrected chi connectivity index (χ0v) is 9.39. The van der Waals surface area contributed by atoms with Crippen molar-refractivity contribution >= 4 is 22.4 Å². The van der Waals surface area contributed by atoms with E-state index in [9.17, 15) is 4.79 Å². The van der Waals surface area contributed by atoms with Crippen LogP contribution in [-0.2, 0) is 0 Å². The van der Waals surface area contributed by atoms with Crippen molar-refractivity contribution in [3.8, 4) is 6.07 Å². The third-order valence-corrected chi connectivity index (χ3v) is 2.79. The lowest BCUT2D eigenvalue weighted by atomic mass is 10.2. The van der Waals surface area contributed by atoms with E-state index < -0.39 is 0 Å². The molecule has 0 saturated carbocycles. The second-order valence-electron chi connectivity index (χ2n) is 3.21. The molecule has 1 unspecified atom stereocenters. The number of nitrogens with zero attached hydrogens (tertiary/aromatic N) is 2. The van der Waals surface area contributed by atoms with Crippen LogP contribution in [0.1, 0.15) is 22.3 Å². The first kappa shape index (κ1) is 11.5. The summed E-state index contributed by atoms with van der Waals surface area (Å²) in [5.74, 6) is -0.414. The Hall–Kier alpha value is -1.61. The van der Waals surface area contributed by atoms with E-state index in [1.54, 1.807) is 13.8 Å². The Kier molecular flexibility index (Phi) is 3.63. The van der Waals surface area contributed by atoms with Crippen molar-refractivity contribution in [2.45, 2.75) is 13.8 Å². The van der Waals surface area contributed by atoms with Crippen LogP contribution < -0.4 is 11.1 Å². The van der Waals surface area contributed by atoms with Gasteiger partial charge < -0.3 is 11.1 Å². The fourth-order valence-electron chi connectivity index (χ4n) is 1.000. The topological polar surface area (TPSA) is 91.8 Å². The molecule has 0 bridgehead atoms. The van der Waals surface area contributed by atoms with E-state index in [4.69, 9.17) is 11.0 Å². The first-order valence-corrected chi connectivity index (χ1v) is 5.27. The molecular formula is C9H12N4OS. The number of nitriles is 1. The summed E-state index contributed by atoms with van der Waals surface area (Å²) in [6.07, 6.45) is 0. The minimum absolute atomic E-state index is 0.195. The van der Waals surface area contributed by atoms with Crippen LogP contribution in [0.2, 0.25) is 0 Å². The summed E-state index contributed by atoms with van der Waals surface area (Å²) < 4.78 is 0. The zero-order valence-electron chi connectivity index (χ0n) is 8.57. The average molecular weight is 224 g/mol. The maximum atomic E-state index is 11.6. The first-order chi connectivity index (χ1) is 7.04. The highest BCUT2D eigenvalue weighted by molar-refractivity contribution is 7.17. The Bertz CT molecular complexity index is 407. The summed E-state index contributed by atoms with van der Waals surface area (Å²) in [5, 5.41) is 11.6. The van der Waals surface area contributed by atoms with Gasteiger partial charge in [-0.1, -0.05) is 11.3 Å². The van der Waals surface area contributed by atoms with Gasteiger partial charge in [-0.3, -0.25) is 4.79 Å². The molecule has 6 heteroatoms. The summed E-state index contributed by atoms with van der Waals surface area (Å²) in [6, 6.07) is 2.04. The van der Waals surface area contributed by atoms with E-state index in [2.05, 4.69) is 10.3 Å². The lowest BCUT2D eigenvalue weighted by Gasteiger charge is -2.04. The average Bonchev–Trinajstić information content (AvgIpc) is 2.53. The summed E-state index contributed by atoms with van der Waals surface area (Å²) in [4.78, 5) is 16.1. The molecule has 0 fully saturated rings. The van der Waals surface area contributed by atoms with Crippen molar-refractivity contribution in [2.24, 2.45) is 5.92 Å². The largest absolute Gasteiger partial charge is 0.375 e. The highest BCUT2D eigenvalue weighted by Gasteiger charge is 2.14. The van der Waals surface area contributed by atoms with E-state index in [1.165, 1.54) is 0 Å². The number of hydrogen-bond acceptors (Lipinski definition) is 5. The van der Waals surface area contributed by atoms with Crippen LogP contribution in [-0.4, -0.2) is 17.4 Å². The molecule has 0 aromatic carbocycles. The number of hydrogen-bond donors (Lipinski definition) is 2. The van der Waals surface area contributed by atoms with Crippen molar-refractivity contribution in [2.75, 3.05) is 12.3 Å². The number of nitrogens with two attached hydrogens (primary N) is 1. The number of anilines is 1. The summed E-state index contributed by atoms with van der Waals surface area (Å²) >= 11 is 1.15. The van der Waals surface area contributed by atoms with Crippen molar-refractivity contribution in [3.05, 3.63) is 10.6 Å². The number of nitrogens with one attached hydrogen (secondary N) is 1. The van der Waals surface area contributed by atoms with Gasteiger partial charge >= 0.3 is 0 Å². The molecule has 0 saturated heterocycles. The van der Waals surface area contributed by atoms with Gasteiger partial charge in [0, 0.05) is 6.54 Å². The van der Waals surface area contributed by atoms with Crippen LogP contribution in [0.15, 0.2) is 0 Å². The van der Waals surface area contributed by atoms with Gasteiger partial charge in [-0.25, -0.2) is 4.98 Å². The molecule has 15 heavy (non-hydrogen) atoms. The lowest BCUT2D eigenvalue weighted by molar-refractivity contribution is 0.0954. The van der Waals surface area contributed by atoms with Crippen LogP contribution in [0.4, 0.5) is 5.13 Å². The van der Waals surface area contributed by atoms with E-state index in [-0.39, 0.29) is 11.8 Å². The van der Waals surface area contributed by atoms with Gasteiger partial charge in [0.05, 0.1) is 17.7 Å². The molecule has 0 aliphatic rings. The molecule has 1 atom stereocenters. The molecule has 1 aromatic heterocycles. The Morgan fingerprint density at radius 1 is 1.80 bits per heavy atom. The standard InChI is InChI=1S/C9H12N4OS/c1-5(3-10)4-12-8(14)7-6(2)13-9(11)15-7/h5H,4H2,1-2H3,(H2,11,13)(H,12,14). The van der Waals surface area contributed by atoms with Gasteiger partial charge in [-0.05, 0) is 13.8 Å². The molecule has 1 rings (SSSR count). The van der Waals surface area contributed by atoms with E-state index >= 15 is 0 Å². The molecule has 5 nitrogen and oxygen atoms in total. The fraction of sp³-hybridized carbons (Fsp3) is 0.444. The minimum atomic E-state index is -0.219. The van der Waals surface area contributed by atoms with Gasteiger partial charge in [0.25, 0.3) is 5.91 Å². The van der Waals surface area contributed by atoms with Crippen LogP contribution in [0, 0.1) is 24.2 Å². The molecule has 80 valence electrons. The number of thiazole rings is 1. The Morgan fingerprint density at radius 3 is 2.93 bits per heavy atom. The number of nitrogen functional groups attached to an aromatic ring is 1. The lowest BCUT2D eigenvalue weighted by Crippen LogP contribution is -2.27. The van der Waals surface area contributed by atoms with Crippen molar-refractivity contribution in [1.29, 1.82) is 5.26 Å². The Labute approximate surface area is 91.9 Å². The number of aryl methyl sites for hydroxylation is 1. The van der Waals surface area contributed by atoms with Gasteiger partial charge in [0.15, 0.2) is 5.13 Å². The third kappa shape index (κ3) is 2.92. The predicted molar refractivity (Wildman–Crippen MR) is 58.4 cm³/mol. The molecular weight excluding hydrogens is 212 g/mol. The molecule has 0 spiro atoms. The maximum Gasteiger partial charge on any atom is 0.263 e. The first-order valence-electron chi connectivity index (χ1n) is 4.45. The second kappa shape index (κ2) is 4.75. The van der Waals surface area contributed by atoms with Crippen LogP contribution in [0.25, 0.3) is 0 Å². The van der Waals surface area contributed by atoms with Gasteiger partial charge in [-0.15, -0.1) is 0 Å². The van der Waals surface area contributed by atoms with E-state index in [0.717, 1.165) is 11.3 Å². The number of amides is 1. The third-order valence-electron chi connectivity index (χ3n) is 1.81. The Morgan fingerprint density at radius 2 is 2.47 bits per heavy atom. The molecule has 1 heterocycles. The van der Waals surface area contributed by atoms with Gasteiger partial charge in [0.1, 0.15) is 4.88 Å². The molecule has 0 aliphatic carbocycles. The van der Waals surface area contributed by atoms with E-state index in [1.807, 2.05) is 6.07 Å². The minimum Gasteiger partial charge on any atom is -0.375 e. The summed E-state index contributed by atoms with van der Waals surface area (Å²) in [5.41, 5.74) is 6.10. The zero-order chi connectivity index (χ0) is 11.4. The van der Waals surface area contributed by atoms with Crippen LogP contribution in [0.3, 0.4) is 0 Å². The summed E-state index contributed by atoms with van der Waals surface area (Å²) in [7, 11) is 0. The monoisotopic (exact) mass is 224 g/mol. The number of rotatable bonds is 3. The summed E-state index contributed by atoms with van der Waals surface area (Å²) in [6.45, 7) is 3.82. The van der Waals surface area contributed by atoms with Crippen LogP contribution in [0.5, 0.6) is 0 Å². The second-order valence-corrected chi connectivity index (χ2v) is 4.24. The molecule has 0 aliphatic heterocycles. The Balaban J connectivity index is 2.62. The quantitative estimate of drug-likeness (QED) is 0.798.